The van der Waals surface area contributed by atoms with E-state index in [1.807, 2.05) is 67.6 Å². The van der Waals surface area contributed by atoms with E-state index in [2.05, 4.69) is 4.98 Å². The number of phenolic OH excluding ortho intramolecular Hbond substituents is 1. The van der Waals surface area contributed by atoms with Crippen LogP contribution in [0.3, 0.4) is 0 Å². The Balaban J connectivity index is 1.60. The molecule has 1 heterocycles. The summed E-state index contributed by atoms with van der Waals surface area (Å²) in [7, 11) is 0. The highest BCUT2D eigenvalue weighted by Gasteiger charge is 2.28. The number of fused-ring (bicyclic) bond motifs is 3. The van der Waals surface area contributed by atoms with Crippen LogP contribution in [0.2, 0.25) is 0 Å². The van der Waals surface area contributed by atoms with Crippen molar-refractivity contribution in [3.8, 4) is 11.5 Å². The molecule has 29 heavy (non-hydrogen) atoms. The lowest BCUT2D eigenvalue weighted by Gasteiger charge is -2.28. The number of aromatic amines is 1. The molecule has 150 valence electrons. The summed E-state index contributed by atoms with van der Waals surface area (Å²) < 4.78 is 6.00. The number of hydrogen-bond donors (Lipinski definition) is 4. The second-order valence-electron chi connectivity index (χ2n) is 7.61. The summed E-state index contributed by atoms with van der Waals surface area (Å²) in [4.78, 5) is 3.36. The number of rotatable bonds is 7. The van der Waals surface area contributed by atoms with Gasteiger partial charge in [-0.2, -0.15) is 0 Å². The summed E-state index contributed by atoms with van der Waals surface area (Å²) in [6.07, 6.45) is 1.06. The molecule has 0 radical (unpaired) electrons. The fraction of sp³-hybridized carbons (Fsp3) is 0.250. The van der Waals surface area contributed by atoms with E-state index in [-0.39, 0.29) is 18.3 Å². The topological polar surface area (TPSA) is 91.5 Å². The highest BCUT2D eigenvalue weighted by Crippen LogP contribution is 2.35. The first-order chi connectivity index (χ1) is 14.0. The van der Waals surface area contributed by atoms with Crippen LogP contribution in [0.1, 0.15) is 25.3 Å². The van der Waals surface area contributed by atoms with E-state index in [0.717, 1.165) is 39.5 Å². The maximum absolute atomic E-state index is 11.0. The maximum atomic E-state index is 11.0. The lowest BCUT2D eigenvalue weighted by Crippen LogP contribution is -2.46. The number of aliphatic hydroxyl groups is 1. The van der Waals surface area contributed by atoms with E-state index < -0.39 is 5.72 Å². The second-order valence-corrected chi connectivity index (χ2v) is 7.61. The first-order valence-electron chi connectivity index (χ1n) is 9.91. The monoisotopic (exact) mass is 390 g/mol. The van der Waals surface area contributed by atoms with Crippen molar-refractivity contribution in [1.82, 2.24) is 4.98 Å². The fourth-order valence-electron chi connectivity index (χ4n) is 3.90. The molecule has 0 aliphatic heterocycles. The van der Waals surface area contributed by atoms with Gasteiger partial charge < -0.3 is 25.7 Å². The van der Waals surface area contributed by atoms with Gasteiger partial charge in [-0.05, 0) is 36.2 Å². The molecular weight excluding hydrogens is 364 g/mol. The van der Waals surface area contributed by atoms with Gasteiger partial charge in [0.15, 0.2) is 0 Å². The molecule has 5 heteroatoms. The molecule has 0 amide bonds. The fourth-order valence-corrected chi connectivity index (χ4v) is 3.90. The van der Waals surface area contributed by atoms with Gasteiger partial charge in [-0.3, -0.25) is 0 Å². The first kappa shape index (κ1) is 19.3. The van der Waals surface area contributed by atoms with Crippen molar-refractivity contribution >= 4 is 21.8 Å². The summed E-state index contributed by atoms with van der Waals surface area (Å²) >= 11 is 0. The normalized spacial score (nSPS) is 14.7. The lowest BCUT2D eigenvalue weighted by atomic mass is 9.95. The highest BCUT2D eigenvalue weighted by molar-refractivity contribution is 6.11. The van der Waals surface area contributed by atoms with Crippen molar-refractivity contribution < 1.29 is 14.9 Å². The quantitative estimate of drug-likeness (QED) is 0.351. The molecular formula is C24H26N2O3. The van der Waals surface area contributed by atoms with Gasteiger partial charge in [0.2, 0.25) is 0 Å². The molecule has 0 fully saturated rings. The van der Waals surface area contributed by atoms with Gasteiger partial charge >= 0.3 is 0 Å². The largest absolute Gasteiger partial charge is 0.507 e. The SMILES string of the molecule is CCC(CC(N)(O)Cc1ccc(O)c2c1[nH]c1ccccc12)Oc1ccccc1. The Morgan fingerprint density at radius 2 is 1.76 bits per heavy atom. The standard InChI is InChI=1S/C24H26N2O3/c1-2-17(29-18-8-4-3-5-9-18)15-24(25,28)14-16-12-13-21(27)22-19-10-6-7-11-20(19)26-23(16)22/h3-13,17,26-28H,2,14-15,25H2,1H3. The Morgan fingerprint density at radius 3 is 2.52 bits per heavy atom. The van der Waals surface area contributed by atoms with Gasteiger partial charge in [-0.1, -0.05) is 49.4 Å². The van der Waals surface area contributed by atoms with Gasteiger partial charge in [0, 0.05) is 29.1 Å². The van der Waals surface area contributed by atoms with E-state index in [1.165, 1.54) is 0 Å². The first-order valence-corrected chi connectivity index (χ1v) is 9.91. The predicted octanol–water partition coefficient (Wildman–Crippen LogP) is 4.46. The molecule has 5 nitrogen and oxygen atoms in total. The molecule has 0 aliphatic carbocycles. The van der Waals surface area contributed by atoms with Crippen LogP contribution >= 0.6 is 0 Å². The van der Waals surface area contributed by atoms with Crippen molar-refractivity contribution in [2.45, 2.75) is 38.0 Å². The van der Waals surface area contributed by atoms with Crippen LogP contribution in [0.4, 0.5) is 0 Å². The smallest absolute Gasteiger partial charge is 0.125 e. The predicted molar refractivity (Wildman–Crippen MR) is 116 cm³/mol. The molecule has 5 N–H and O–H groups in total. The third-order valence-corrected chi connectivity index (χ3v) is 5.30. The molecule has 3 aromatic carbocycles. The van der Waals surface area contributed by atoms with E-state index >= 15 is 0 Å². The number of ether oxygens (including phenoxy) is 1. The minimum absolute atomic E-state index is 0.206. The summed E-state index contributed by atoms with van der Waals surface area (Å²) in [6.45, 7) is 2.01. The van der Waals surface area contributed by atoms with Crippen LogP contribution in [-0.4, -0.2) is 27.0 Å². The van der Waals surface area contributed by atoms with E-state index in [0.29, 0.717) is 6.42 Å². The number of hydrogen-bond acceptors (Lipinski definition) is 4. The molecule has 2 unspecified atom stereocenters. The Hall–Kier alpha value is -3.02. The number of para-hydroxylation sites is 2. The number of benzene rings is 3. The van der Waals surface area contributed by atoms with Crippen molar-refractivity contribution in [1.29, 1.82) is 0 Å². The Kier molecular flexibility index (Phi) is 5.18. The second kappa shape index (κ2) is 7.78. The molecule has 0 spiro atoms. The molecule has 1 aromatic heterocycles. The Bertz CT molecular complexity index is 1120. The van der Waals surface area contributed by atoms with Gasteiger partial charge in [0.1, 0.15) is 23.3 Å². The average Bonchev–Trinajstić information content (AvgIpc) is 3.11. The van der Waals surface area contributed by atoms with Crippen LogP contribution in [0.25, 0.3) is 21.8 Å². The molecule has 4 rings (SSSR count). The Labute approximate surface area is 169 Å². The number of aromatic hydroxyl groups is 1. The van der Waals surface area contributed by atoms with E-state index in [1.54, 1.807) is 6.07 Å². The molecule has 0 aliphatic rings. The molecule has 2 atom stereocenters. The zero-order valence-electron chi connectivity index (χ0n) is 16.4. The van der Waals surface area contributed by atoms with Gasteiger partial charge in [0.05, 0.1) is 5.52 Å². The molecule has 0 saturated carbocycles. The van der Waals surface area contributed by atoms with Gasteiger partial charge in [-0.25, -0.2) is 0 Å². The van der Waals surface area contributed by atoms with Crippen molar-refractivity contribution in [3.05, 3.63) is 72.3 Å². The minimum Gasteiger partial charge on any atom is -0.507 e. The number of nitrogens with two attached hydrogens (primary N) is 1. The average molecular weight is 390 g/mol. The van der Waals surface area contributed by atoms with Gasteiger partial charge in [0.25, 0.3) is 0 Å². The zero-order valence-corrected chi connectivity index (χ0v) is 16.4. The number of H-pyrrole nitrogens is 1. The lowest BCUT2D eigenvalue weighted by molar-refractivity contribution is 0.000693. The van der Waals surface area contributed by atoms with E-state index in [4.69, 9.17) is 10.5 Å². The number of phenols is 1. The molecule has 0 bridgehead atoms. The van der Waals surface area contributed by atoms with Gasteiger partial charge in [-0.15, -0.1) is 0 Å². The summed E-state index contributed by atoms with van der Waals surface area (Å²) in [5.41, 5.74) is 7.44. The van der Waals surface area contributed by atoms with Crippen LogP contribution < -0.4 is 10.5 Å². The third kappa shape index (κ3) is 4.06. The van der Waals surface area contributed by atoms with Crippen LogP contribution in [0.15, 0.2) is 66.7 Å². The summed E-state index contributed by atoms with van der Waals surface area (Å²) in [6, 6.07) is 20.8. The Morgan fingerprint density at radius 1 is 1.03 bits per heavy atom. The maximum Gasteiger partial charge on any atom is 0.125 e. The minimum atomic E-state index is -1.45. The summed E-state index contributed by atoms with van der Waals surface area (Å²) in [5, 5.41) is 23.1. The van der Waals surface area contributed by atoms with Crippen LogP contribution in [-0.2, 0) is 6.42 Å². The van der Waals surface area contributed by atoms with Crippen molar-refractivity contribution in [2.24, 2.45) is 5.73 Å². The molecule has 0 saturated heterocycles. The van der Waals surface area contributed by atoms with Crippen LogP contribution in [0, 0.1) is 0 Å². The van der Waals surface area contributed by atoms with Crippen LogP contribution in [0.5, 0.6) is 11.5 Å². The zero-order chi connectivity index (χ0) is 20.4. The molecule has 4 aromatic rings. The summed E-state index contributed by atoms with van der Waals surface area (Å²) in [5.74, 6) is 0.971. The van der Waals surface area contributed by atoms with Crippen molar-refractivity contribution in [2.75, 3.05) is 0 Å². The number of nitrogens with one attached hydrogen (secondary N) is 1. The van der Waals surface area contributed by atoms with Crippen molar-refractivity contribution in [3.63, 3.8) is 0 Å². The third-order valence-electron chi connectivity index (χ3n) is 5.30. The van der Waals surface area contributed by atoms with E-state index in [9.17, 15) is 10.2 Å². The highest BCUT2D eigenvalue weighted by atomic mass is 16.5. The number of aromatic nitrogens is 1.